The zero-order valence-electron chi connectivity index (χ0n) is 10.5. The molecule has 4 bridgehead atoms. The van der Waals surface area contributed by atoms with Crippen LogP contribution in [0.3, 0.4) is 0 Å². The third kappa shape index (κ3) is 1.95. The number of rotatable bonds is 3. The Labute approximate surface area is 143 Å². The molecule has 0 fully saturated rings. The van der Waals surface area contributed by atoms with Gasteiger partial charge in [-0.05, 0) is 52.6 Å². The van der Waals surface area contributed by atoms with Crippen LogP contribution in [-0.2, 0) is 0 Å². The molecule has 20 heavy (non-hydrogen) atoms. The molecule has 5 nitrogen and oxygen atoms in total. The average Bonchev–Trinajstić information content (AvgIpc) is 3.00. The summed E-state index contributed by atoms with van der Waals surface area (Å²) in [7, 11) is 1.67. The molecule has 1 unspecified atom stereocenters. The van der Waals surface area contributed by atoms with Crippen molar-refractivity contribution in [2.45, 2.75) is 10.1 Å². The van der Waals surface area contributed by atoms with Gasteiger partial charge in [0.25, 0.3) is 0 Å². The first-order chi connectivity index (χ1) is 9.28. The third-order valence-electron chi connectivity index (χ3n) is 2.95. The van der Waals surface area contributed by atoms with Gasteiger partial charge in [-0.3, -0.25) is 4.40 Å². The molecular weight excluding hydrogens is 450 g/mol. The number of ether oxygens (including phenoxy) is 1. The summed E-state index contributed by atoms with van der Waals surface area (Å²) in [5, 5.41) is 0.909. The molecule has 0 aliphatic rings. The van der Waals surface area contributed by atoms with E-state index in [9.17, 15) is 0 Å². The second kappa shape index (κ2) is 5.20. The van der Waals surface area contributed by atoms with Crippen molar-refractivity contribution in [3.05, 3.63) is 28.1 Å². The van der Waals surface area contributed by atoms with E-state index in [0.29, 0.717) is 0 Å². The van der Waals surface area contributed by atoms with E-state index in [-0.39, 0.29) is 18.0 Å². The van der Waals surface area contributed by atoms with Crippen LogP contribution in [0.5, 0.6) is 5.75 Å². The fraction of sp³-hybridized carbons (Fsp3) is 0.0833. The van der Waals surface area contributed by atoms with Crippen LogP contribution in [0.15, 0.2) is 34.6 Å². The molecule has 0 spiro atoms. The molecule has 1 atom stereocenters. The number of hydrogen-bond donors (Lipinski definition) is 0. The van der Waals surface area contributed by atoms with E-state index in [1.807, 2.05) is 22.6 Å². The van der Waals surface area contributed by atoms with Crippen LogP contribution in [0, 0.1) is 3.57 Å². The first kappa shape index (κ1) is 14.2. The topological polar surface area (TPSA) is 52.3 Å². The Morgan fingerprint density at radius 3 is 2.65 bits per heavy atom. The van der Waals surface area contributed by atoms with Gasteiger partial charge in [-0.25, -0.2) is 15.0 Å². The van der Waals surface area contributed by atoms with Crippen LogP contribution >= 0.6 is 34.4 Å². The monoisotopic (exact) mass is 460 g/mol. The second-order valence-electron chi connectivity index (χ2n) is 4.00. The van der Waals surface area contributed by atoms with E-state index in [1.165, 1.54) is 3.57 Å². The fourth-order valence-corrected chi connectivity index (χ4v) is 3.62. The van der Waals surface area contributed by atoms with Gasteiger partial charge in [-0.1, -0.05) is 0 Å². The number of fused-ring (bicyclic) bond motifs is 1. The minimum atomic E-state index is 0. The maximum absolute atomic E-state index is 5.26. The van der Waals surface area contributed by atoms with E-state index in [0.717, 1.165) is 32.6 Å². The molecule has 5 rings (SSSR count). The van der Waals surface area contributed by atoms with Crippen molar-refractivity contribution in [1.82, 2.24) is 19.4 Å². The third-order valence-corrected chi connectivity index (χ3v) is 5.27. The molecule has 0 aliphatic heterocycles. The summed E-state index contributed by atoms with van der Waals surface area (Å²) in [6, 6.07) is 6.00. The number of methoxy groups -OCH3 is 1. The molecule has 0 N–H and O–H groups in total. The molecule has 0 amide bonds. The zero-order valence-corrected chi connectivity index (χ0v) is 16.4. The average molecular weight is 460 g/mol. The van der Waals surface area contributed by atoms with Gasteiger partial charge in [0.1, 0.15) is 12.1 Å². The van der Waals surface area contributed by atoms with Crippen molar-refractivity contribution in [1.29, 1.82) is 0 Å². The molecule has 0 saturated carbocycles. The fourth-order valence-electron chi connectivity index (χ4n) is 2.02. The van der Waals surface area contributed by atoms with Gasteiger partial charge in [0.15, 0.2) is 22.0 Å². The van der Waals surface area contributed by atoms with E-state index >= 15 is 0 Å². The molecule has 4 heterocycles. The molecule has 8 heteroatoms. The van der Waals surface area contributed by atoms with Crippen LogP contribution < -0.4 is 4.74 Å². The van der Waals surface area contributed by atoms with Gasteiger partial charge in [-0.2, -0.15) is 0 Å². The first-order valence-electron chi connectivity index (χ1n) is 5.53. The quantitative estimate of drug-likeness (QED) is 0.345. The Bertz CT molecular complexity index is 837. The minimum absolute atomic E-state index is 0. The molecule has 4 aromatic heterocycles. The summed E-state index contributed by atoms with van der Waals surface area (Å²) in [4.78, 5) is 14.1. The van der Waals surface area contributed by atoms with E-state index in [1.54, 1.807) is 25.2 Å². The van der Waals surface area contributed by atoms with Crippen molar-refractivity contribution >= 4 is 69.1 Å². The van der Waals surface area contributed by atoms with E-state index in [4.69, 9.17) is 4.74 Å². The number of nitrogens with zero attached hydrogens (tertiary/aromatic N) is 4. The van der Waals surface area contributed by atoms with Crippen LogP contribution in [0.1, 0.15) is 0 Å². The Morgan fingerprint density at radius 1 is 1.25 bits per heavy atom. The van der Waals surface area contributed by atoms with Crippen LogP contribution in [0.25, 0.3) is 16.8 Å². The zero-order chi connectivity index (χ0) is 13.0. The number of hydrogen-bond acceptors (Lipinski definition) is 5. The molecule has 0 radical (unpaired) electrons. The van der Waals surface area contributed by atoms with E-state index < -0.39 is 0 Å². The Hall–Kier alpha value is -0.792. The van der Waals surface area contributed by atoms with Crippen molar-refractivity contribution in [3.8, 4) is 5.75 Å². The normalized spacial score (nSPS) is 11.3. The van der Waals surface area contributed by atoms with Gasteiger partial charge in [0.05, 0.1) is 7.11 Å². The Morgan fingerprint density at radius 2 is 2.00 bits per heavy atom. The van der Waals surface area contributed by atoms with Gasteiger partial charge in [-0.15, -0.1) is 0 Å². The number of benzene rings is 1. The predicted molar refractivity (Wildman–Crippen MR) is 90.4 cm³/mol. The van der Waals surface area contributed by atoms with Crippen LogP contribution in [0.4, 0.5) is 0 Å². The number of aromatic nitrogens is 4. The molecule has 1 aromatic carbocycles. The summed E-state index contributed by atoms with van der Waals surface area (Å²) in [5.41, 5.74) is 2.72. The van der Waals surface area contributed by atoms with Crippen LogP contribution in [0.2, 0.25) is 0 Å². The second-order valence-corrected chi connectivity index (χ2v) is 6.17. The van der Waals surface area contributed by atoms with Gasteiger partial charge >= 0.3 is 18.0 Å². The molecular formula is C12H10AsIN4OS. The summed E-state index contributed by atoms with van der Waals surface area (Å²) >= 11 is 3.92. The van der Waals surface area contributed by atoms with Crippen molar-refractivity contribution in [2.75, 3.05) is 7.11 Å². The number of halogens is 1. The first-order valence-corrected chi connectivity index (χ1v) is 7.42. The van der Waals surface area contributed by atoms with Gasteiger partial charge < -0.3 is 4.74 Å². The molecule has 0 aliphatic carbocycles. The Balaban J connectivity index is 0.00000121. The molecule has 0 saturated heterocycles. The maximum atomic E-state index is 5.26. The SMILES string of the molecule is COc1ccc(I)c(Sc2nc3c4ncnc3n24)c1.[AsH3]. The molecule has 5 aromatic rings. The summed E-state index contributed by atoms with van der Waals surface area (Å²) in [5.74, 6) is 0.847. The standard InChI is InChI=1S/C12H7IN4OS.AsH3/c1-18-6-2-3-7(13)8(4-6)19-12-16-9-10-14-5-15-11(9)17(10)12;/h2-5H,1H3;1H3. The summed E-state index contributed by atoms with van der Waals surface area (Å²) in [6.07, 6.45) is 1.57. The van der Waals surface area contributed by atoms with Crippen LogP contribution in [-0.4, -0.2) is 44.4 Å². The van der Waals surface area contributed by atoms with Crippen molar-refractivity contribution in [3.63, 3.8) is 0 Å². The van der Waals surface area contributed by atoms with Gasteiger partial charge in [0.2, 0.25) is 0 Å². The Kier molecular flexibility index (Phi) is 3.68. The number of imidazole rings is 2. The predicted octanol–water partition coefficient (Wildman–Crippen LogP) is 1.73. The van der Waals surface area contributed by atoms with Gasteiger partial charge in [0, 0.05) is 8.47 Å². The van der Waals surface area contributed by atoms with Crippen molar-refractivity contribution < 1.29 is 4.74 Å². The molecule has 102 valence electrons. The summed E-state index contributed by atoms with van der Waals surface area (Å²) in [6.45, 7) is 0. The van der Waals surface area contributed by atoms with Crippen molar-refractivity contribution in [2.24, 2.45) is 0 Å². The summed E-state index contributed by atoms with van der Waals surface area (Å²) < 4.78 is 8.41. The van der Waals surface area contributed by atoms with E-state index in [2.05, 4.69) is 37.5 Å².